The number of ether oxygens (including phenoxy) is 1. The average Bonchev–Trinajstić information content (AvgIpc) is 2.53. The first-order chi connectivity index (χ1) is 10.9. The molecule has 0 aliphatic rings. The third-order valence-electron chi connectivity index (χ3n) is 3.31. The van der Waals surface area contributed by atoms with Crippen LogP contribution in [0.3, 0.4) is 0 Å². The molecule has 0 saturated heterocycles. The molecule has 0 rings (SSSR count). The quantitative estimate of drug-likeness (QED) is 0.492. The largest absolute Gasteiger partial charge is 0.381 e. The normalized spacial score (nSPS) is 13.0. The van der Waals surface area contributed by atoms with Crippen LogP contribution in [0.2, 0.25) is 0 Å². The van der Waals surface area contributed by atoms with Crippen LogP contribution in [0.15, 0.2) is 0 Å². The molecule has 23 heavy (non-hydrogen) atoms. The van der Waals surface area contributed by atoms with Crippen molar-refractivity contribution in [2.24, 2.45) is 0 Å². The minimum Gasteiger partial charge on any atom is -0.381 e. The molecule has 3 amide bonds. The summed E-state index contributed by atoms with van der Waals surface area (Å²) in [4.78, 5) is 35.8. The lowest BCUT2D eigenvalue weighted by Gasteiger charge is -2.19. The molecule has 2 atom stereocenters. The Hall–Kier alpha value is -1.63. The predicted molar refractivity (Wildman–Crippen MR) is 88.9 cm³/mol. The first-order valence-corrected chi connectivity index (χ1v) is 8.31. The van der Waals surface area contributed by atoms with Crippen molar-refractivity contribution < 1.29 is 19.1 Å². The van der Waals surface area contributed by atoms with Gasteiger partial charge < -0.3 is 20.7 Å². The Labute approximate surface area is 138 Å². The van der Waals surface area contributed by atoms with Crippen LogP contribution >= 0.6 is 0 Å². The van der Waals surface area contributed by atoms with Crippen molar-refractivity contribution in [2.45, 2.75) is 65.0 Å². The van der Waals surface area contributed by atoms with Gasteiger partial charge in [0, 0.05) is 26.6 Å². The molecule has 7 heteroatoms. The molecule has 134 valence electrons. The number of methoxy groups -OCH3 is 1. The Morgan fingerprint density at radius 2 is 1.61 bits per heavy atom. The van der Waals surface area contributed by atoms with Crippen molar-refractivity contribution >= 4 is 17.7 Å². The second-order valence-electron chi connectivity index (χ2n) is 5.55. The second kappa shape index (κ2) is 12.9. The summed E-state index contributed by atoms with van der Waals surface area (Å²) in [6.45, 7) is 6.86. The highest BCUT2D eigenvalue weighted by Gasteiger charge is 2.22. The highest BCUT2D eigenvalue weighted by molar-refractivity contribution is 5.88. The third-order valence-corrected chi connectivity index (χ3v) is 3.31. The molecular weight excluding hydrogens is 298 g/mol. The zero-order valence-corrected chi connectivity index (χ0v) is 14.7. The van der Waals surface area contributed by atoms with Crippen LogP contribution in [0.1, 0.15) is 52.9 Å². The number of amides is 3. The molecule has 1 unspecified atom stereocenters. The minimum absolute atomic E-state index is 0.111. The lowest BCUT2D eigenvalue weighted by atomic mass is 10.1. The van der Waals surface area contributed by atoms with E-state index in [0.717, 1.165) is 12.8 Å². The second-order valence-corrected chi connectivity index (χ2v) is 5.55. The van der Waals surface area contributed by atoms with Gasteiger partial charge in [-0.15, -0.1) is 0 Å². The van der Waals surface area contributed by atoms with Gasteiger partial charge in [0.25, 0.3) is 0 Å². The maximum Gasteiger partial charge on any atom is 0.242 e. The lowest BCUT2D eigenvalue weighted by Crippen LogP contribution is -2.48. The monoisotopic (exact) mass is 329 g/mol. The van der Waals surface area contributed by atoms with Crippen LogP contribution < -0.4 is 16.0 Å². The topological polar surface area (TPSA) is 96.5 Å². The molecule has 0 fully saturated rings. The molecule has 7 nitrogen and oxygen atoms in total. The predicted octanol–water partition coefficient (Wildman–Crippen LogP) is 0.729. The summed E-state index contributed by atoms with van der Waals surface area (Å²) in [5.41, 5.74) is 0. The minimum atomic E-state index is -0.703. The summed E-state index contributed by atoms with van der Waals surface area (Å²) < 4.78 is 5.04. The smallest absolute Gasteiger partial charge is 0.242 e. The fourth-order valence-corrected chi connectivity index (χ4v) is 1.87. The van der Waals surface area contributed by atoms with Gasteiger partial charge in [-0.3, -0.25) is 14.4 Å². The summed E-state index contributed by atoms with van der Waals surface area (Å²) in [5.74, 6) is -0.627. The number of nitrogens with one attached hydrogen (secondary N) is 3. The third kappa shape index (κ3) is 10.7. The van der Waals surface area contributed by atoms with E-state index >= 15 is 0 Å². The number of hydrogen-bond acceptors (Lipinski definition) is 4. The van der Waals surface area contributed by atoms with Gasteiger partial charge in [0.2, 0.25) is 17.7 Å². The first kappa shape index (κ1) is 21.4. The van der Waals surface area contributed by atoms with E-state index in [1.807, 2.05) is 13.8 Å². The maximum absolute atomic E-state index is 12.1. The molecule has 0 aromatic heterocycles. The number of rotatable bonds is 12. The Bertz CT molecular complexity index is 374. The standard InChI is InChI=1S/C16H31N3O4/c1-5-9-17-14(20)8-7-13(16(22)18-10-6-2)19-15(21)11-12(3)23-4/h12-13H,5-11H2,1-4H3,(H,17,20)(H,18,22)(H,19,21)/t12?,13-/m0/s1. The molecule has 0 radical (unpaired) electrons. The average molecular weight is 329 g/mol. The van der Waals surface area contributed by atoms with Crippen LogP contribution in [0.25, 0.3) is 0 Å². The Balaban J connectivity index is 4.52. The van der Waals surface area contributed by atoms with Gasteiger partial charge in [-0.1, -0.05) is 13.8 Å². The van der Waals surface area contributed by atoms with Gasteiger partial charge >= 0.3 is 0 Å². The van der Waals surface area contributed by atoms with Gasteiger partial charge in [0.05, 0.1) is 12.5 Å². The zero-order valence-electron chi connectivity index (χ0n) is 14.7. The fourth-order valence-electron chi connectivity index (χ4n) is 1.87. The van der Waals surface area contributed by atoms with Crippen molar-refractivity contribution in [2.75, 3.05) is 20.2 Å². The van der Waals surface area contributed by atoms with Crippen LogP contribution in [0.4, 0.5) is 0 Å². The van der Waals surface area contributed by atoms with Crippen molar-refractivity contribution in [3.05, 3.63) is 0 Å². The van der Waals surface area contributed by atoms with Crippen molar-refractivity contribution in [1.82, 2.24) is 16.0 Å². The van der Waals surface area contributed by atoms with E-state index in [1.165, 1.54) is 7.11 Å². The van der Waals surface area contributed by atoms with Gasteiger partial charge in [0.15, 0.2) is 0 Å². The van der Waals surface area contributed by atoms with E-state index in [1.54, 1.807) is 6.92 Å². The molecule has 0 bridgehead atoms. The van der Waals surface area contributed by atoms with E-state index in [9.17, 15) is 14.4 Å². The zero-order chi connectivity index (χ0) is 17.7. The molecule has 0 aliphatic carbocycles. The maximum atomic E-state index is 12.1. The van der Waals surface area contributed by atoms with Crippen LogP contribution in [-0.4, -0.2) is 50.1 Å². The van der Waals surface area contributed by atoms with Gasteiger partial charge in [-0.2, -0.15) is 0 Å². The summed E-state index contributed by atoms with van der Waals surface area (Å²) in [6, 6.07) is -0.703. The van der Waals surface area contributed by atoms with Gasteiger partial charge in [-0.25, -0.2) is 0 Å². The molecular formula is C16H31N3O4. The van der Waals surface area contributed by atoms with E-state index in [2.05, 4.69) is 16.0 Å². The Morgan fingerprint density at radius 3 is 2.17 bits per heavy atom. The van der Waals surface area contributed by atoms with Crippen molar-refractivity contribution in [3.63, 3.8) is 0 Å². The van der Waals surface area contributed by atoms with Crippen LogP contribution in [0.5, 0.6) is 0 Å². The number of carbonyl (C=O) groups is 3. The summed E-state index contributed by atoms with van der Waals surface area (Å²) in [6.07, 6.45) is 2.10. The molecule has 0 aliphatic heterocycles. The fraction of sp³-hybridized carbons (Fsp3) is 0.812. The molecule has 0 aromatic carbocycles. The number of carbonyl (C=O) groups excluding carboxylic acids is 3. The number of hydrogen-bond donors (Lipinski definition) is 3. The van der Waals surface area contributed by atoms with Crippen molar-refractivity contribution in [1.29, 1.82) is 0 Å². The van der Waals surface area contributed by atoms with E-state index in [0.29, 0.717) is 13.1 Å². The molecule has 3 N–H and O–H groups in total. The van der Waals surface area contributed by atoms with Crippen LogP contribution in [0, 0.1) is 0 Å². The highest BCUT2D eigenvalue weighted by atomic mass is 16.5. The molecule has 0 spiro atoms. The summed E-state index contributed by atoms with van der Waals surface area (Å²) >= 11 is 0. The molecule has 0 aromatic rings. The van der Waals surface area contributed by atoms with Crippen LogP contribution in [-0.2, 0) is 19.1 Å². The Kier molecular flexibility index (Phi) is 12.0. The van der Waals surface area contributed by atoms with E-state index < -0.39 is 6.04 Å². The Morgan fingerprint density at radius 1 is 1.00 bits per heavy atom. The van der Waals surface area contributed by atoms with Crippen molar-refractivity contribution in [3.8, 4) is 0 Å². The summed E-state index contributed by atoms with van der Waals surface area (Å²) in [7, 11) is 1.53. The highest BCUT2D eigenvalue weighted by Crippen LogP contribution is 2.02. The SMILES string of the molecule is CCCNC(=O)CC[C@H](NC(=O)CC(C)OC)C(=O)NCCC. The molecule has 0 saturated carbocycles. The van der Waals surface area contributed by atoms with E-state index in [-0.39, 0.29) is 43.1 Å². The first-order valence-electron chi connectivity index (χ1n) is 8.31. The van der Waals surface area contributed by atoms with Gasteiger partial charge in [-0.05, 0) is 26.2 Å². The van der Waals surface area contributed by atoms with Gasteiger partial charge in [0.1, 0.15) is 6.04 Å². The summed E-state index contributed by atoms with van der Waals surface area (Å²) in [5, 5.41) is 8.21. The molecule has 0 heterocycles. The van der Waals surface area contributed by atoms with E-state index in [4.69, 9.17) is 4.74 Å². The lowest BCUT2D eigenvalue weighted by molar-refractivity contribution is -0.130.